The normalized spacial score (nSPS) is 26.8. The van der Waals surface area contributed by atoms with Crippen LogP contribution in [0.25, 0.3) is 0 Å². The van der Waals surface area contributed by atoms with Crippen LogP contribution in [0.1, 0.15) is 28.8 Å². The Morgan fingerprint density at radius 2 is 1.69 bits per heavy atom. The number of hydrogen-bond acceptors (Lipinski definition) is 2. The molecule has 3 fully saturated rings. The van der Waals surface area contributed by atoms with Gasteiger partial charge in [0.1, 0.15) is 0 Å². The monoisotopic (exact) mass is 390 g/mol. The average molecular weight is 391 g/mol. The maximum absolute atomic E-state index is 12.7. The first-order valence-electron chi connectivity index (χ1n) is 9.05. The second-order valence-corrected chi connectivity index (χ2v) is 7.57. The van der Waals surface area contributed by atoms with E-state index in [0.29, 0.717) is 22.5 Å². The molecule has 5 heteroatoms. The molecule has 2 aromatic rings. The number of halogens is 2. The summed E-state index contributed by atoms with van der Waals surface area (Å²) in [5, 5.41) is 3.99. The zero-order valence-electron chi connectivity index (χ0n) is 14.6. The first-order valence-corrected chi connectivity index (χ1v) is 9.43. The summed E-state index contributed by atoms with van der Waals surface area (Å²) in [6.45, 7) is 2.30. The van der Waals surface area contributed by atoms with E-state index in [-0.39, 0.29) is 24.4 Å². The van der Waals surface area contributed by atoms with Crippen molar-refractivity contribution in [3.63, 3.8) is 0 Å². The summed E-state index contributed by atoms with van der Waals surface area (Å²) in [4.78, 5) is 15.3. The Morgan fingerprint density at radius 3 is 2.35 bits per heavy atom. The fourth-order valence-corrected chi connectivity index (χ4v) is 4.44. The van der Waals surface area contributed by atoms with E-state index < -0.39 is 0 Å². The molecule has 138 valence electrons. The lowest BCUT2D eigenvalue weighted by atomic mass is 9.76. The van der Waals surface area contributed by atoms with Gasteiger partial charge in [-0.2, -0.15) is 0 Å². The molecule has 3 aliphatic heterocycles. The number of amides is 1. The molecule has 26 heavy (non-hydrogen) atoms. The van der Waals surface area contributed by atoms with Gasteiger partial charge in [-0.3, -0.25) is 9.69 Å². The van der Waals surface area contributed by atoms with E-state index in [4.69, 9.17) is 11.6 Å². The molecule has 2 bridgehead atoms. The molecular formula is C21H24Cl2N2O. The number of hydrogen-bond donors (Lipinski definition) is 1. The highest BCUT2D eigenvalue weighted by Crippen LogP contribution is 2.34. The number of piperidine rings is 3. The molecule has 0 aliphatic carbocycles. The molecule has 3 heterocycles. The van der Waals surface area contributed by atoms with E-state index in [1.165, 1.54) is 18.4 Å². The summed E-state index contributed by atoms with van der Waals surface area (Å²) in [7, 11) is 0. The van der Waals surface area contributed by atoms with Crippen molar-refractivity contribution in [3.05, 3.63) is 70.7 Å². The summed E-state index contributed by atoms with van der Waals surface area (Å²) in [6.07, 6.45) is 3.34. The van der Waals surface area contributed by atoms with Gasteiger partial charge in [0.2, 0.25) is 0 Å². The van der Waals surface area contributed by atoms with Crippen molar-refractivity contribution in [1.29, 1.82) is 0 Å². The van der Waals surface area contributed by atoms with Gasteiger partial charge >= 0.3 is 0 Å². The molecule has 2 aromatic carbocycles. The third kappa shape index (κ3) is 4.06. The third-order valence-corrected chi connectivity index (χ3v) is 5.91. The fraction of sp³-hybridized carbons (Fsp3) is 0.381. The molecule has 0 spiro atoms. The smallest absolute Gasteiger partial charge is 0.251 e. The highest BCUT2D eigenvalue weighted by atomic mass is 35.5. The number of carbonyl (C=O) groups is 1. The molecule has 3 aliphatic rings. The highest BCUT2D eigenvalue weighted by molar-refractivity contribution is 6.30. The number of benzene rings is 2. The van der Waals surface area contributed by atoms with Crippen molar-refractivity contribution >= 4 is 29.9 Å². The first-order chi connectivity index (χ1) is 12.2. The van der Waals surface area contributed by atoms with Gasteiger partial charge in [-0.15, -0.1) is 12.4 Å². The summed E-state index contributed by atoms with van der Waals surface area (Å²) < 4.78 is 0. The molecular weight excluding hydrogens is 367 g/mol. The zero-order valence-corrected chi connectivity index (χ0v) is 16.2. The number of rotatable bonds is 4. The van der Waals surface area contributed by atoms with E-state index in [1.807, 2.05) is 0 Å². The summed E-state index contributed by atoms with van der Waals surface area (Å²) in [6, 6.07) is 18.3. The van der Waals surface area contributed by atoms with E-state index in [0.717, 1.165) is 19.5 Å². The maximum atomic E-state index is 12.7. The lowest BCUT2D eigenvalue weighted by molar-refractivity contribution is 0.0136. The van der Waals surface area contributed by atoms with Crippen molar-refractivity contribution in [2.75, 3.05) is 13.1 Å². The molecule has 1 amide bonds. The van der Waals surface area contributed by atoms with E-state index >= 15 is 0 Å². The Balaban J connectivity index is 0.00000196. The minimum atomic E-state index is 0. The minimum absolute atomic E-state index is 0. The Hall–Kier alpha value is -1.55. The van der Waals surface area contributed by atoms with Crippen LogP contribution in [0.3, 0.4) is 0 Å². The van der Waals surface area contributed by atoms with E-state index in [1.54, 1.807) is 24.3 Å². The van der Waals surface area contributed by atoms with Crippen LogP contribution in [0.15, 0.2) is 54.6 Å². The largest absolute Gasteiger partial charge is 0.347 e. The second-order valence-electron chi connectivity index (χ2n) is 7.14. The Bertz CT molecular complexity index is 727. The van der Waals surface area contributed by atoms with Crippen LogP contribution in [0.2, 0.25) is 5.02 Å². The molecule has 0 saturated carbocycles. The van der Waals surface area contributed by atoms with Crippen LogP contribution in [0.5, 0.6) is 0 Å². The van der Waals surface area contributed by atoms with E-state index in [2.05, 4.69) is 40.5 Å². The Labute approximate surface area is 166 Å². The van der Waals surface area contributed by atoms with Gasteiger partial charge in [0.15, 0.2) is 0 Å². The predicted molar refractivity (Wildman–Crippen MR) is 108 cm³/mol. The second kappa shape index (κ2) is 8.43. The molecule has 1 N–H and O–H groups in total. The van der Waals surface area contributed by atoms with Crippen molar-refractivity contribution in [3.8, 4) is 0 Å². The van der Waals surface area contributed by atoms with Crippen LogP contribution in [0.4, 0.5) is 0 Å². The highest BCUT2D eigenvalue weighted by Gasteiger charge is 2.42. The molecule has 3 nitrogen and oxygen atoms in total. The first kappa shape index (κ1) is 19.2. The van der Waals surface area contributed by atoms with Crippen LogP contribution in [-0.2, 0) is 6.42 Å². The lowest BCUT2D eigenvalue weighted by Gasteiger charge is -2.51. The summed E-state index contributed by atoms with van der Waals surface area (Å²) in [5.74, 6) is 0.587. The SMILES string of the molecule is Cl.O=C(N[C@@H]1C2CCN(CC2)[C@H]1Cc1ccccc1)c1ccc(Cl)cc1. The van der Waals surface area contributed by atoms with E-state index in [9.17, 15) is 4.79 Å². The summed E-state index contributed by atoms with van der Waals surface area (Å²) in [5.41, 5.74) is 2.02. The van der Waals surface area contributed by atoms with Crippen molar-refractivity contribution in [2.24, 2.45) is 5.92 Å². The lowest BCUT2D eigenvalue weighted by Crippen LogP contribution is -2.64. The summed E-state index contributed by atoms with van der Waals surface area (Å²) >= 11 is 5.93. The number of nitrogens with zero attached hydrogens (tertiary/aromatic N) is 1. The minimum Gasteiger partial charge on any atom is -0.347 e. The molecule has 5 rings (SSSR count). The molecule has 2 atom stereocenters. The van der Waals surface area contributed by atoms with Crippen LogP contribution in [-0.4, -0.2) is 36.0 Å². The van der Waals surface area contributed by atoms with Crippen molar-refractivity contribution in [1.82, 2.24) is 10.2 Å². The van der Waals surface area contributed by atoms with Gasteiger partial charge < -0.3 is 5.32 Å². The zero-order chi connectivity index (χ0) is 17.2. The number of nitrogens with one attached hydrogen (secondary N) is 1. The molecule has 0 aromatic heterocycles. The van der Waals surface area contributed by atoms with Gasteiger partial charge in [0.25, 0.3) is 5.91 Å². The van der Waals surface area contributed by atoms with Crippen LogP contribution < -0.4 is 5.32 Å². The number of fused-ring (bicyclic) bond motifs is 3. The van der Waals surface area contributed by atoms with Crippen molar-refractivity contribution < 1.29 is 4.79 Å². The Morgan fingerprint density at radius 1 is 1.04 bits per heavy atom. The van der Waals surface area contributed by atoms with Crippen LogP contribution in [0, 0.1) is 5.92 Å². The molecule has 0 radical (unpaired) electrons. The maximum Gasteiger partial charge on any atom is 0.251 e. The predicted octanol–water partition coefficient (Wildman–Crippen LogP) is 4.20. The third-order valence-electron chi connectivity index (χ3n) is 5.66. The number of carbonyl (C=O) groups excluding carboxylic acids is 1. The Kier molecular flexibility index (Phi) is 6.23. The average Bonchev–Trinajstić information content (AvgIpc) is 2.66. The van der Waals surface area contributed by atoms with Gasteiger partial charge in [0, 0.05) is 22.7 Å². The molecule has 3 saturated heterocycles. The fourth-order valence-electron chi connectivity index (χ4n) is 4.31. The standard InChI is InChI=1S/C21H23ClN2O.ClH/c22-18-8-6-17(7-9-18)21(25)23-20-16-10-12-24(13-11-16)19(20)14-15-4-2-1-3-5-15;/h1-9,16,19-20H,10-14H2,(H,23,25);1H/t19-,20+;/m0./s1. The van der Waals surface area contributed by atoms with Crippen molar-refractivity contribution in [2.45, 2.75) is 31.3 Å². The molecule has 0 unspecified atom stereocenters. The van der Waals surface area contributed by atoms with Gasteiger partial charge in [-0.1, -0.05) is 41.9 Å². The van der Waals surface area contributed by atoms with Gasteiger partial charge in [-0.25, -0.2) is 0 Å². The van der Waals surface area contributed by atoms with Gasteiger partial charge in [0.05, 0.1) is 0 Å². The van der Waals surface area contributed by atoms with Gasteiger partial charge in [-0.05, 0) is 68.1 Å². The quantitative estimate of drug-likeness (QED) is 0.848. The topological polar surface area (TPSA) is 32.3 Å². The van der Waals surface area contributed by atoms with Crippen LogP contribution >= 0.6 is 24.0 Å².